The fourth-order valence-electron chi connectivity index (χ4n) is 1.36. The molecule has 20 heavy (non-hydrogen) atoms. The Kier molecular flexibility index (Phi) is 5.31. The zero-order valence-corrected chi connectivity index (χ0v) is 12.8. The SMILES string of the molecule is CCC(C)(C)C(=N)Oc1ccc(C(=O)OC(C)C)cc1. The van der Waals surface area contributed by atoms with Crippen molar-refractivity contribution in [2.45, 2.75) is 47.1 Å². The fraction of sp³-hybridized carbons (Fsp3) is 0.500. The van der Waals surface area contributed by atoms with Crippen molar-refractivity contribution in [1.82, 2.24) is 0 Å². The lowest BCUT2D eigenvalue weighted by atomic mass is 9.90. The van der Waals surface area contributed by atoms with Crippen molar-refractivity contribution in [3.63, 3.8) is 0 Å². The second-order valence-electron chi connectivity index (χ2n) is 5.65. The third-order valence-corrected chi connectivity index (χ3v) is 3.15. The minimum atomic E-state index is -0.351. The number of nitrogens with one attached hydrogen (secondary N) is 1. The van der Waals surface area contributed by atoms with Gasteiger partial charge in [-0.3, -0.25) is 5.41 Å². The summed E-state index contributed by atoms with van der Waals surface area (Å²) in [4.78, 5) is 11.7. The summed E-state index contributed by atoms with van der Waals surface area (Å²) in [6, 6.07) is 6.65. The molecule has 0 heterocycles. The molecule has 4 nitrogen and oxygen atoms in total. The van der Waals surface area contributed by atoms with E-state index >= 15 is 0 Å². The third kappa shape index (κ3) is 4.37. The van der Waals surface area contributed by atoms with Crippen LogP contribution in [-0.2, 0) is 4.74 Å². The molecule has 0 radical (unpaired) electrons. The summed E-state index contributed by atoms with van der Waals surface area (Å²) >= 11 is 0. The second kappa shape index (κ2) is 6.55. The minimum Gasteiger partial charge on any atom is -0.459 e. The Labute approximate surface area is 120 Å². The quantitative estimate of drug-likeness (QED) is 0.502. The summed E-state index contributed by atoms with van der Waals surface area (Å²) in [5.41, 5.74) is 0.183. The molecule has 110 valence electrons. The first-order valence-electron chi connectivity index (χ1n) is 6.84. The maximum absolute atomic E-state index is 11.7. The van der Waals surface area contributed by atoms with E-state index in [9.17, 15) is 4.79 Å². The lowest BCUT2D eigenvalue weighted by Crippen LogP contribution is -2.27. The molecule has 1 aromatic carbocycles. The van der Waals surface area contributed by atoms with E-state index in [0.717, 1.165) is 6.42 Å². The highest BCUT2D eigenvalue weighted by Gasteiger charge is 2.23. The van der Waals surface area contributed by atoms with Crippen LogP contribution in [0.4, 0.5) is 0 Å². The van der Waals surface area contributed by atoms with Crippen LogP contribution in [0, 0.1) is 10.8 Å². The van der Waals surface area contributed by atoms with E-state index in [1.54, 1.807) is 24.3 Å². The number of hydrogen-bond donors (Lipinski definition) is 1. The molecule has 0 saturated heterocycles. The van der Waals surface area contributed by atoms with Gasteiger partial charge in [0.2, 0.25) is 0 Å². The lowest BCUT2D eigenvalue weighted by molar-refractivity contribution is 0.0378. The zero-order valence-electron chi connectivity index (χ0n) is 12.8. The van der Waals surface area contributed by atoms with E-state index < -0.39 is 0 Å². The normalized spacial score (nSPS) is 11.3. The summed E-state index contributed by atoms with van der Waals surface area (Å²) in [6.07, 6.45) is 0.682. The van der Waals surface area contributed by atoms with Gasteiger partial charge in [0.05, 0.1) is 11.7 Å². The molecule has 0 fully saturated rings. The van der Waals surface area contributed by atoms with E-state index in [1.807, 2.05) is 34.6 Å². The van der Waals surface area contributed by atoms with Crippen molar-refractivity contribution in [3.8, 4) is 5.75 Å². The van der Waals surface area contributed by atoms with Gasteiger partial charge in [-0.05, 0) is 44.5 Å². The molecule has 0 amide bonds. The molecule has 0 atom stereocenters. The Morgan fingerprint density at radius 3 is 2.25 bits per heavy atom. The molecular formula is C16H23NO3. The number of benzene rings is 1. The number of carbonyl (C=O) groups is 1. The maximum Gasteiger partial charge on any atom is 0.338 e. The van der Waals surface area contributed by atoms with Crippen LogP contribution in [0.1, 0.15) is 51.4 Å². The number of carbonyl (C=O) groups excluding carboxylic acids is 1. The molecule has 0 aliphatic carbocycles. The van der Waals surface area contributed by atoms with Crippen molar-refractivity contribution < 1.29 is 14.3 Å². The van der Waals surface area contributed by atoms with E-state index in [2.05, 4.69) is 0 Å². The number of ether oxygens (including phenoxy) is 2. The average molecular weight is 277 g/mol. The minimum absolute atomic E-state index is 0.142. The zero-order chi connectivity index (χ0) is 15.3. The van der Waals surface area contributed by atoms with Gasteiger partial charge in [-0.15, -0.1) is 0 Å². The molecule has 0 saturated carbocycles. The molecule has 0 spiro atoms. The highest BCUT2D eigenvalue weighted by molar-refractivity contribution is 5.89. The van der Waals surface area contributed by atoms with Crippen molar-refractivity contribution in [2.75, 3.05) is 0 Å². The molecule has 0 bridgehead atoms. The highest BCUT2D eigenvalue weighted by Crippen LogP contribution is 2.24. The highest BCUT2D eigenvalue weighted by atomic mass is 16.5. The monoisotopic (exact) mass is 277 g/mol. The second-order valence-corrected chi connectivity index (χ2v) is 5.65. The standard InChI is InChI=1S/C16H23NO3/c1-6-16(4,5)15(17)20-13-9-7-12(8-10-13)14(18)19-11(2)3/h7-11,17H,6H2,1-5H3. The first-order chi connectivity index (χ1) is 9.26. The van der Waals surface area contributed by atoms with Crippen LogP contribution in [0.2, 0.25) is 0 Å². The van der Waals surface area contributed by atoms with E-state index in [1.165, 1.54) is 0 Å². The van der Waals surface area contributed by atoms with Gasteiger partial charge in [-0.25, -0.2) is 4.79 Å². The smallest absolute Gasteiger partial charge is 0.338 e. The molecular weight excluding hydrogens is 254 g/mol. The molecule has 0 aromatic heterocycles. The summed E-state index contributed by atoms with van der Waals surface area (Å²) in [5, 5.41) is 7.95. The largest absolute Gasteiger partial charge is 0.459 e. The predicted molar refractivity (Wildman–Crippen MR) is 79.4 cm³/mol. The van der Waals surface area contributed by atoms with Crippen molar-refractivity contribution in [3.05, 3.63) is 29.8 Å². The maximum atomic E-state index is 11.7. The summed E-state index contributed by atoms with van der Waals surface area (Å²) < 4.78 is 10.6. The number of rotatable bonds is 5. The van der Waals surface area contributed by atoms with Crippen LogP contribution in [0.15, 0.2) is 24.3 Å². The fourth-order valence-corrected chi connectivity index (χ4v) is 1.36. The van der Waals surface area contributed by atoms with Gasteiger partial charge in [0.15, 0.2) is 5.90 Å². The van der Waals surface area contributed by atoms with Crippen LogP contribution >= 0.6 is 0 Å². The van der Waals surface area contributed by atoms with Gasteiger partial charge < -0.3 is 9.47 Å². The summed E-state index contributed by atoms with van der Waals surface area (Å²) in [5.74, 6) is 0.422. The van der Waals surface area contributed by atoms with Gasteiger partial charge in [0.25, 0.3) is 0 Å². The Bertz CT molecular complexity index is 475. The molecule has 1 aromatic rings. The van der Waals surface area contributed by atoms with Crippen LogP contribution in [0.25, 0.3) is 0 Å². The topological polar surface area (TPSA) is 59.4 Å². The van der Waals surface area contributed by atoms with Gasteiger partial charge >= 0.3 is 5.97 Å². The predicted octanol–water partition coefficient (Wildman–Crippen LogP) is 4.04. The lowest BCUT2D eigenvalue weighted by Gasteiger charge is -2.23. The van der Waals surface area contributed by atoms with Crippen molar-refractivity contribution >= 4 is 11.9 Å². The summed E-state index contributed by atoms with van der Waals surface area (Å²) in [6.45, 7) is 9.56. The molecule has 1 rings (SSSR count). The van der Waals surface area contributed by atoms with Gasteiger partial charge in [0.1, 0.15) is 5.75 Å². The van der Waals surface area contributed by atoms with E-state index in [-0.39, 0.29) is 23.4 Å². The Hall–Kier alpha value is -1.84. The van der Waals surface area contributed by atoms with Crippen LogP contribution in [0.5, 0.6) is 5.75 Å². The van der Waals surface area contributed by atoms with Gasteiger partial charge in [-0.2, -0.15) is 0 Å². The molecule has 4 heteroatoms. The van der Waals surface area contributed by atoms with Crippen LogP contribution < -0.4 is 4.74 Å². The summed E-state index contributed by atoms with van der Waals surface area (Å²) in [7, 11) is 0. The third-order valence-electron chi connectivity index (χ3n) is 3.15. The Balaban J connectivity index is 2.73. The molecule has 1 N–H and O–H groups in total. The van der Waals surface area contributed by atoms with E-state index in [4.69, 9.17) is 14.9 Å². The van der Waals surface area contributed by atoms with Crippen LogP contribution in [0.3, 0.4) is 0 Å². The Morgan fingerprint density at radius 2 is 1.80 bits per heavy atom. The molecule has 0 unspecified atom stereocenters. The molecule has 0 aliphatic heterocycles. The Morgan fingerprint density at radius 1 is 1.25 bits per heavy atom. The van der Waals surface area contributed by atoms with Crippen molar-refractivity contribution in [2.24, 2.45) is 5.41 Å². The van der Waals surface area contributed by atoms with Crippen molar-refractivity contribution in [1.29, 1.82) is 5.41 Å². The first kappa shape index (κ1) is 16.2. The van der Waals surface area contributed by atoms with Gasteiger partial charge in [-0.1, -0.05) is 20.8 Å². The molecule has 0 aliphatic rings. The average Bonchev–Trinajstić information content (AvgIpc) is 2.38. The number of hydrogen-bond acceptors (Lipinski definition) is 4. The van der Waals surface area contributed by atoms with E-state index in [0.29, 0.717) is 11.3 Å². The number of esters is 1. The van der Waals surface area contributed by atoms with Crippen LogP contribution in [-0.4, -0.2) is 18.0 Å². The van der Waals surface area contributed by atoms with Gasteiger partial charge in [0, 0.05) is 5.41 Å². The first-order valence-corrected chi connectivity index (χ1v) is 6.84.